The van der Waals surface area contributed by atoms with E-state index in [1.807, 2.05) is 23.1 Å². The van der Waals surface area contributed by atoms with E-state index in [1.165, 1.54) is 0 Å². The summed E-state index contributed by atoms with van der Waals surface area (Å²) in [5, 5.41) is 9.48. The lowest BCUT2D eigenvalue weighted by Gasteiger charge is -2.06. The van der Waals surface area contributed by atoms with Gasteiger partial charge in [-0.25, -0.2) is 0 Å². The molecule has 3 aromatic rings. The molecule has 3 aromatic heterocycles. The number of hydrogen-bond acceptors (Lipinski definition) is 4. The van der Waals surface area contributed by atoms with Crippen molar-refractivity contribution in [3.63, 3.8) is 0 Å². The zero-order valence-electron chi connectivity index (χ0n) is 12.2. The van der Waals surface area contributed by atoms with Crippen molar-refractivity contribution in [1.29, 1.82) is 0 Å². The molecule has 0 aromatic carbocycles. The molecule has 0 saturated carbocycles. The van der Waals surface area contributed by atoms with Gasteiger partial charge in [-0.3, -0.25) is 14.5 Å². The van der Waals surface area contributed by atoms with Crippen molar-refractivity contribution >= 4 is 17.2 Å². The highest BCUT2D eigenvalue weighted by molar-refractivity contribution is 7.13. The maximum absolute atomic E-state index is 11.9. The number of nitrogens with zero attached hydrogens (tertiary/aromatic N) is 3. The van der Waals surface area contributed by atoms with Crippen LogP contribution in [0.25, 0.3) is 10.6 Å². The smallest absolute Gasteiger partial charge is 0.269 e. The second-order valence-corrected chi connectivity index (χ2v) is 5.79. The van der Waals surface area contributed by atoms with Crippen molar-refractivity contribution in [1.82, 2.24) is 20.1 Å². The standard InChI is InChI=1S/C16H16N4OS/c1-12-11-14(15-6-4-10-22-15)19-20(12)9-8-18-16(21)13-5-2-3-7-17-13/h2-7,10-11H,8-9H2,1H3,(H,18,21). The quantitative estimate of drug-likeness (QED) is 0.788. The van der Waals surface area contributed by atoms with E-state index in [9.17, 15) is 4.79 Å². The lowest BCUT2D eigenvalue weighted by atomic mass is 10.3. The Morgan fingerprint density at radius 3 is 2.95 bits per heavy atom. The molecule has 0 radical (unpaired) electrons. The molecule has 5 nitrogen and oxygen atoms in total. The number of hydrogen-bond donors (Lipinski definition) is 1. The minimum Gasteiger partial charge on any atom is -0.349 e. The molecule has 0 spiro atoms. The molecule has 3 heterocycles. The van der Waals surface area contributed by atoms with Crippen LogP contribution in [0.15, 0.2) is 48.0 Å². The first kappa shape index (κ1) is 14.5. The third-order valence-electron chi connectivity index (χ3n) is 3.26. The second-order valence-electron chi connectivity index (χ2n) is 4.84. The summed E-state index contributed by atoms with van der Waals surface area (Å²) < 4.78 is 1.91. The summed E-state index contributed by atoms with van der Waals surface area (Å²) in [6.07, 6.45) is 1.61. The molecule has 3 rings (SSSR count). The van der Waals surface area contributed by atoms with E-state index in [1.54, 1.807) is 35.7 Å². The number of pyridine rings is 1. The summed E-state index contributed by atoms with van der Waals surface area (Å²) in [5.41, 5.74) is 2.48. The molecule has 1 amide bonds. The van der Waals surface area contributed by atoms with Gasteiger partial charge in [0.25, 0.3) is 5.91 Å². The number of amides is 1. The van der Waals surface area contributed by atoms with Gasteiger partial charge in [-0.1, -0.05) is 12.1 Å². The number of nitrogens with one attached hydrogen (secondary N) is 1. The van der Waals surface area contributed by atoms with Gasteiger partial charge in [-0.15, -0.1) is 11.3 Å². The van der Waals surface area contributed by atoms with Crippen molar-refractivity contribution < 1.29 is 4.79 Å². The van der Waals surface area contributed by atoms with E-state index in [-0.39, 0.29) is 5.91 Å². The third-order valence-corrected chi connectivity index (χ3v) is 4.15. The summed E-state index contributed by atoms with van der Waals surface area (Å²) in [6.45, 7) is 3.17. The first-order chi connectivity index (χ1) is 10.7. The predicted octanol–water partition coefficient (Wildman–Crippen LogP) is 2.75. The monoisotopic (exact) mass is 312 g/mol. The van der Waals surface area contributed by atoms with Crippen LogP contribution in [0, 0.1) is 6.92 Å². The summed E-state index contributed by atoms with van der Waals surface area (Å²) >= 11 is 1.67. The lowest BCUT2D eigenvalue weighted by molar-refractivity contribution is 0.0947. The SMILES string of the molecule is Cc1cc(-c2cccs2)nn1CCNC(=O)c1ccccn1. The Kier molecular flexibility index (Phi) is 4.29. The van der Waals surface area contributed by atoms with Crippen molar-refractivity contribution in [2.75, 3.05) is 6.54 Å². The van der Waals surface area contributed by atoms with Crippen LogP contribution < -0.4 is 5.32 Å². The first-order valence-electron chi connectivity index (χ1n) is 7.01. The number of carbonyl (C=O) groups excluding carboxylic acids is 1. The van der Waals surface area contributed by atoms with E-state index in [4.69, 9.17) is 0 Å². The molecule has 0 saturated heterocycles. The van der Waals surface area contributed by atoms with E-state index in [2.05, 4.69) is 27.5 Å². The van der Waals surface area contributed by atoms with Crippen molar-refractivity contribution in [3.05, 3.63) is 59.4 Å². The predicted molar refractivity (Wildman–Crippen MR) is 86.8 cm³/mol. The van der Waals surface area contributed by atoms with Gasteiger partial charge in [-0.2, -0.15) is 5.10 Å². The Bertz CT molecular complexity index is 750. The molecule has 0 unspecified atom stereocenters. The summed E-state index contributed by atoms with van der Waals surface area (Å²) in [4.78, 5) is 17.1. The highest BCUT2D eigenvalue weighted by atomic mass is 32.1. The second kappa shape index (κ2) is 6.53. The largest absolute Gasteiger partial charge is 0.349 e. The fraction of sp³-hybridized carbons (Fsp3) is 0.188. The molecule has 1 N–H and O–H groups in total. The van der Waals surface area contributed by atoms with Crippen LogP contribution in [0.4, 0.5) is 0 Å². The molecule has 0 aliphatic rings. The van der Waals surface area contributed by atoms with Crippen molar-refractivity contribution in [2.24, 2.45) is 0 Å². The molecule has 0 fully saturated rings. The molecular weight excluding hydrogens is 296 g/mol. The zero-order chi connectivity index (χ0) is 15.4. The Labute approximate surface area is 132 Å². The van der Waals surface area contributed by atoms with E-state index in [0.29, 0.717) is 18.8 Å². The van der Waals surface area contributed by atoms with Crippen LogP contribution in [0.3, 0.4) is 0 Å². The highest BCUT2D eigenvalue weighted by Gasteiger charge is 2.09. The maximum atomic E-state index is 11.9. The van der Waals surface area contributed by atoms with Crippen LogP contribution in [-0.4, -0.2) is 27.2 Å². The molecule has 22 heavy (non-hydrogen) atoms. The molecule has 0 bridgehead atoms. The van der Waals surface area contributed by atoms with Gasteiger partial charge in [0.2, 0.25) is 0 Å². The highest BCUT2D eigenvalue weighted by Crippen LogP contribution is 2.23. The fourth-order valence-electron chi connectivity index (χ4n) is 2.14. The van der Waals surface area contributed by atoms with Crippen LogP contribution in [0.5, 0.6) is 0 Å². The van der Waals surface area contributed by atoms with Gasteiger partial charge in [0.15, 0.2) is 0 Å². The van der Waals surface area contributed by atoms with Gasteiger partial charge < -0.3 is 5.32 Å². The summed E-state index contributed by atoms with van der Waals surface area (Å²) in [5.74, 6) is -0.163. The average molecular weight is 312 g/mol. The molecule has 0 aliphatic carbocycles. The maximum Gasteiger partial charge on any atom is 0.269 e. The van der Waals surface area contributed by atoms with Crippen LogP contribution in [0.1, 0.15) is 16.2 Å². The van der Waals surface area contributed by atoms with Crippen molar-refractivity contribution in [3.8, 4) is 10.6 Å². The summed E-state index contributed by atoms with van der Waals surface area (Å²) in [6, 6.07) is 11.4. The van der Waals surface area contributed by atoms with E-state index >= 15 is 0 Å². The number of rotatable bonds is 5. The minimum atomic E-state index is -0.163. The zero-order valence-corrected chi connectivity index (χ0v) is 13.0. The van der Waals surface area contributed by atoms with E-state index < -0.39 is 0 Å². The van der Waals surface area contributed by atoms with Crippen LogP contribution >= 0.6 is 11.3 Å². The number of thiophene rings is 1. The number of aryl methyl sites for hydroxylation is 1. The van der Waals surface area contributed by atoms with Crippen LogP contribution in [-0.2, 0) is 6.54 Å². The van der Waals surface area contributed by atoms with Gasteiger partial charge in [0.1, 0.15) is 11.4 Å². The first-order valence-corrected chi connectivity index (χ1v) is 7.89. The fourth-order valence-corrected chi connectivity index (χ4v) is 2.83. The Hall–Kier alpha value is -2.47. The Morgan fingerprint density at radius 1 is 1.32 bits per heavy atom. The number of carbonyl (C=O) groups is 1. The Morgan fingerprint density at radius 2 is 2.23 bits per heavy atom. The minimum absolute atomic E-state index is 0.163. The molecule has 0 aliphatic heterocycles. The molecule has 6 heteroatoms. The Balaban J connectivity index is 1.59. The van der Waals surface area contributed by atoms with Gasteiger partial charge in [0, 0.05) is 18.4 Å². The number of aromatic nitrogens is 3. The van der Waals surface area contributed by atoms with Crippen LogP contribution in [0.2, 0.25) is 0 Å². The van der Waals surface area contributed by atoms with Crippen molar-refractivity contribution in [2.45, 2.75) is 13.5 Å². The molecule has 112 valence electrons. The molecule has 0 atom stereocenters. The summed E-state index contributed by atoms with van der Waals surface area (Å²) in [7, 11) is 0. The van der Waals surface area contributed by atoms with Gasteiger partial charge in [0.05, 0.1) is 11.4 Å². The van der Waals surface area contributed by atoms with E-state index in [0.717, 1.165) is 16.3 Å². The molecular formula is C16H16N4OS. The average Bonchev–Trinajstić information content (AvgIpc) is 3.18. The van der Waals surface area contributed by atoms with Gasteiger partial charge >= 0.3 is 0 Å². The van der Waals surface area contributed by atoms with Gasteiger partial charge in [-0.05, 0) is 36.6 Å². The lowest BCUT2D eigenvalue weighted by Crippen LogP contribution is -2.28. The third kappa shape index (κ3) is 3.23. The topological polar surface area (TPSA) is 59.8 Å². The normalized spacial score (nSPS) is 10.6.